The molecule has 2 heterocycles. The maximum atomic E-state index is 12.6. The van der Waals surface area contributed by atoms with Crippen LogP contribution in [0.25, 0.3) is 10.8 Å². The summed E-state index contributed by atoms with van der Waals surface area (Å²) >= 11 is 1.34. The molecule has 6 nitrogen and oxygen atoms in total. The lowest BCUT2D eigenvalue weighted by Gasteiger charge is -2.07. The van der Waals surface area contributed by atoms with E-state index < -0.39 is 0 Å². The third kappa shape index (κ3) is 3.78. The molecule has 0 aliphatic rings. The Balaban J connectivity index is 1.53. The van der Waals surface area contributed by atoms with Crippen LogP contribution < -0.4 is 10.6 Å². The molecule has 0 unspecified atom stereocenters. The van der Waals surface area contributed by atoms with Crippen LogP contribution in [0.1, 0.15) is 21.9 Å². The van der Waals surface area contributed by atoms with Crippen molar-refractivity contribution < 1.29 is 4.79 Å². The molecular formula is C20H17N5OS. The van der Waals surface area contributed by atoms with Crippen molar-refractivity contribution in [2.24, 2.45) is 0 Å². The van der Waals surface area contributed by atoms with E-state index in [-0.39, 0.29) is 5.91 Å². The third-order valence-electron chi connectivity index (χ3n) is 3.98. The maximum Gasteiger partial charge on any atom is 0.275 e. The Hall–Kier alpha value is -3.32. The molecule has 0 radical (unpaired) electrons. The molecule has 4 aromatic rings. The van der Waals surface area contributed by atoms with Crippen molar-refractivity contribution >= 4 is 44.8 Å². The monoisotopic (exact) mass is 375 g/mol. The number of benzene rings is 2. The van der Waals surface area contributed by atoms with Crippen molar-refractivity contribution in [1.82, 2.24) is 15.0 Å². The summed E-state index contributed by atoms with van der Waals surface area (Å²) in [6.45, 7) is 3.82. The summed E-state index contributed by atoms with van der Waals surface area (Å²) < 4.78 is 0. The van der Waals surface area contributed by atoms with Gasteiger partial charge in [0, 0.05) is 27.8 Å². The second kappa shape index (κ2) is 7.13. The number of nitrogens with zero attached hydrogens (tertiary/aromatic N) is 3. The highest BCUT2D eigenvalue weighted by Crippen LogP contribution is 2.24. The third-order valence-corrected chi connectivity index (χ3v) is 4.73. The van der Waals surface area contributed by atoms with Gasteiger partial charge in [-0.25, -0.2) is 15.0 Å². The van der Waals surface area contributed by atoms with Crippen LogP contribution >= 0.6 is 11.3 Å². The molecule has 0 spiro atoms. The minimum absolute atomic E-state index is 0.253. The molecule has 0 bridgehead atoms. The molecule has 134 valence electrons. The molecule has 0 aliphatic carbocycles. The summed E-state index contributed by atoms with van der Waals surface area (Å²) in [6, 6.07) is 15.6. The van der Waals surface area contributed by atoms with Crippen LogP contribution in [0, 0.1) is 13.8 Å². The fraction of sp³-hybridized carbons (Fsp3) is 0.100. The maximum absolute atomic E-state index is 12.6. The molecule has 0 saturated heterocycles. The number of carbonyl (C=O) groups is 1. The zero-order valence-electron chi connectivity index (χ0n) is 14.9. The quantitative estimate of drug-likeness (QED) is 0.540. The van der Waals surface area contributed by atoms with Gasteiger partial charge < -0.3 is 10.6 Å². The lowest BCUT2D eigenvalue weighted by atomic mass is 10.1. The number of amides is 1. The van der Waals surface area contributed by atoms with Gasteiger partial charge in [0.2, 0.25) is 5.95 Å². The lowest BCUT2D eigenvalue weighted by Crippen LogP contribution is -2.12. The van der Waals surface area contributed by atoms with Gasteiger partial charge in [-0.2, -0.15) is 0 Å². The topological polar surface area (TPSA) is 79.8 Å². The first kappa shape index (κ1) is 17.1. The van der Waals surface area contributed by atoms with E-state index in [0.29, 0.717) is 16.8 Å². The number of fused-ring (bicyclic) bond motifs is 1. The number of aryl methyl sites for hydroxylation is 2. The molecule has 1 amide bonds. The summed E-state index contributed by atoms with van der Waals surface area (Å²) in [5, 5.41) is 10.4. The normalized spacial score (nSPS) is 10.7. The van der Waals surface area contributed by atoms with Crippen molar-refractivity contribution in [3.63, 3.8) is 0 Å². The Labute approximate surface area is 160 Å². The molecule has 0 saturated carbocycles. The molecule has 2 aromatic heterocycles. The average molecular weight is 375 g/mol. The van der Waals surface area contributed by atoms with Gasteiger partial charge in [0.1, 0.15) is 5.69 Å². The Kier molecular flexibility index (Phi) is 4.52. The van der Waals surface area contributed by atoms with Crippen LogP contribution in [0.3, 0.4) is 0 Å². The van der Waals surface area contributed by atoms with E-state index in [2.05, 4.69) is 25.6 Å². The summed E-state index contributed by atoms with van der Waals surface area (Å²) in [5.74, 6) is 0.222. The van der Waals surface area contributed by atoms with Gasteiger partial charge in [0.25, 0.3) is 5.91 Å². The van der Waals surface area contributed by atoms with E-state index in [1.807, 2.05) is 62.4 Å². The van der Waals surface area contributed by atoms with E-state index in [1.54, 1.807) is 5.38 Å². The van der Waals surface area contributed by atoms with Crippen molar-refractivity contribution in [3.05, 3.63) is 71.0 Å². The highest BCUT2D eigenvalue weighted by molar-refractivity contribution is 7.14. The first-order valence-electron chi connectivity index (χ1n) is 8.42. The predicted octanol–water partition coefficient (Wildman–Crippen LogP) is 4.70. The molecule has 4 rings (SSSR count). The summed E-state index contributed by atoms with van der Waals surface area (Å²) in [5.41, 5.74) is 2.85. The number of hydrogen-bond donors (Lipinski definition) is 2. The molecule has 7 heteroatoms. The van der Waals surface area contributed by atoms with Crippen LogP contribution in [0.5, 0.6) is 0 Å². The van der Waals surface area contributed by atoms with Crippen LogP contribution in [0.15, 0.2) is 53.9 Å². The van der Waals surface area contributed by atoms with E-state index >= 15 is 0 Å². The number of carbonyl (C=O) groups excluding carboxylic acids is 1. The number of aromatic nitrogens is 3. The van der Waals surface area contributed by atoms with E-state index in [4.69, 9.17) is 0 Å². The molecule has 2 aromatic carbocycles. The average Bonchev–Trinajstić information content (AvgIpc) is 3.10. The predicted molar refractivity (Wildman–Crippen MR) is 109 cm³/mol. The van der Waals surface area contributed by atoms with Gasteiger partial charge in [-0.3, -0.25) is 4.79 Å². The van der Waals surface area contributed by atoms with Gasteiger partial charge in [-0.05, 0) is 31.4 Å². The number of thiazole rings is 1. The fourth-order valence-electron chi connectivity index (χ4n) is 2.83. The molecule has 2 N–H and O–H groups in total. The van der Waals surface area contributed by atoms with Gasteiger partial charge in [-0.1, -0.05) is 36.4 Å². The van der Waals surface area contributed by atoms with Gasteiger partial charge >= 0.3 is 0 Å². The zero-order valence-corrected chi connectivity index (χ0v) is 15.7. The Morgan fingerprint density at radius 3 is 2.52 bits per heavy atom. The van der Waals surface area contributed by atoms with E-state index in [1.165, 1.54) is 11.3 Å². The van der Waals surface area contributed by atoms with Gasteiger partial charge in [0.15, 0.2) is 5.13 Å². The zero-order chi connectivity index (χ0) is 18.8. The molecule has 27 heavy (non-hydrogen) atoms. The van der Waals surface area contributed by atoms with Gasteiger partial charge in [-0.15, -0.1) is 11.3 Å². The number of nitrogens with one attached hydrogen (secondary N) is 2. The first-order chi connectivity index (χ1) is 13.1. The van der Waals surface area contributed by atoms with Crippen molar-refractivity contribution in [3.8, 4) is 0 Å². The van der Waals surface area contributed by atoms with Crippen molar-refractivity contribution in [1.29, 1.82) is 0 Å². The molecule has 0 fully saturated rings. The minimum atomic E-state index is -0.253. The second-order valence-corrected chi connectivity index (χ2v) is 6.98. The molecule has 0 atom stereocenters. The standard InChI is InChI=1S/C20H17N5OS/c1-12-10-13(2)22-19(21-12)25-20-24-17(11-27-20)18(26)23-16-9-5-7-14-6-3-4-8-15(14)16/h3-11H,1-2H3,(H,23,26)(H,21,22,24,25). The van der Waals surface area contributed by atoms with E-state index in [9.17, 15) is 4.79 Å². The number of rotatable bonds is 4. The highest BCUT2D eigenvalue weighted by Gasteiger charge is 2.13. The lowest BCUT2D eigenvalue weighted by molar-refractivity contribution is 0.102. The number of anilines is 3. The fourth-order valence-corrected chi connectivity index (χ4v) is 3.52. The summed E-state index contributed by atoms with van der Waals surface area (Å²) in [6.07, 6.45) is 0. The molecule has 0 aliphatic heterocycles. The Bertz CT molecular complexity index is 1110. The van der Waals surface area contributed by atoms with Gasteiger partial charge in [0.05, 0.1) is 0 Å². The Morgan fingerprint density at radius 1 is 0.963 bits per heavy atom. The Morgan fingerprint density at radius 2 is 1.70 bits per heavy atom. The van der Waals surface area contributed by atoms with Crippen molar-refractivity contribution in [2.75, 3.05) is 10.6 Å². The number of hydrogen-bond acceptors (Lipinski definition) is 6. The highest BCUT2D eigenvalue weighted by atomic mass is 32.1. The summed E-state index contributed by atoms with van der Waals surface area (Å²) in [4.78, 5) is 25.6. The van der Waals surface area contributed by atoms with Crippen molar-refractivity contribution in [2.45, 2.75) is 13.8 Å². The van der Waals surface area contributed by atoms with E-state index in [0.717, 1.165) is 27.8 Å². The largest absolute Gasteiger partial charge is 0.320 e. The first-order valence-corrected chi connectivity index (χ1v) is 9.30. The van der Waals surface area contributed by atoms with Crippen LogP contribution in [-0.2, 0) is 0 Å². The summed E-state index contributed by atoms with van der Waals surface area (Å²) in [7, 11) is 0. The SMILES string of the molecule is Cc1cc(C)nc(Nc2nc(C(=O)Nc3cccc4ccccc34)cs2)n1. The van der Waals surface area contributed by atoms with Crippen LogP contribution in [0.2, 0.25) is 0 Å². The second-order valence-electron chi connectivity index (χ2n) is 6.12. The minimum Gasteiger partial charge on any atom is -0.320 e. The molecular weight excluding hydrogens is 358 g/mol. The van der Waals surface area contributed by atoms with Crippen LogP contribution in [-0.4, -0.2) is 20.9 Å². The smallest absolute Gasteiger partial charge is 0.275 e. The van der Waals surface area contributed by atoms with Crippen LogP contribution in [0.4, 0.5) is 16.8 Å².